The van der Waals surface area contributed by atoms with Gasteiger partial charge in [-0.15, -0.1) is 0 Å². The quantitative estimate of drug-likeness (QED) is 0.731. The summed E-state index contributed by atoms with van der Waals surface area (Å²) in [6, 6.07) is 16.7. The number of hydrogen-bond donors (Lipinski definition) is 1. The Bertz CT molecular complexity index is 945. The minimum absolute atomic E-state index is 0.219. The van der Waals surface area contributed by atoms with Crippen molar-refractivity contribution in [1.82, 2.24) is 5.32 Å². The highest BCUT2D eigenvalue weighted by atomic mass is 32.2. The molecule has 1 fully saturated rings. The second-order valence-corrected chi connectivity index (χ2v) is 10.1. The zero-order valence-electron chi connectivity index (χ0n) is 17.9. The molecule has 2 aromatic carbocycles. The molecule has 1 amide bonds. The molecular weight excluding hydrogens is 398 g/mol. The van der Waals surface area contributed by atoms with E-state index in [4.69, 9.17) is 0 Å². The minimum Gasteiger partial charge on any atom is -0.371 e. The van der Waals surface area contributed by atoms with Crippen LogP contribution in [0.15, 0.2) is 54.6 Å². The fourth-order valence-electron chi connectivity index (χ4n) is 3.89. The third-order valence-corrected chi connectivity index (χ3v) is 6.67. The molecule has 0 bridgehead atoms. The second kappa shape index (κ2) is 9.51. The standard InChI is InChI=1S/C23H31N3O3S/c1-18-8-7-15-25(16-18)21-13-11-20(12-14-21)19(2)24-23(27)17-26(30(3,28)29)22-9-5-4-6-10-22/h4-6,9-14,18-19H,7-8,15-17H2,1-3H3,(H,24,27)/t18-,19-/m0/s1. The van der Waals surface area contributed by atoms with E-state index in [-0.39, 0.29) is 18.5 Å². The van der Waals surface area contributed by atoms with Gasteiger partial charge in [-0.3, -0.25) is 9.10 Å². The number of amides is 1. The van der Waals surface area contributed by atoms with Gasteiger partial charge in [0.25, 0.3) is 0 Å². The molecule has 7 heteroatoms. The van der Waals surface area contributed by atoms with E-state index in [0.717, 1.165) is 29.2 Å². The van der Waals surface area contributed by atoms with Gasteiger partial charge in [0.05, 0.1) is 18.0 Å². The highest BCUT2D eigenvalue weighted by Gasteiger charge is 2.22. The van der Waals surface area contributed by atoms with Gasteiger partial charge in [-0.2, -0.15) is 0 Å². The van der Waals surface area contributed by atoms with Crippen molar-refractivity contribution >= 4 is 27.3 Å². The summed E-state index contributed by atoms with van der Waals surface area (Å²) in [5, 5.41) is 2.92. The van der Waals surface area contributed by atoms with Crippen LogP contribution in [0.2, 0.25) is 0 Å². The van der Waals surface area contributed by atoms with E-state index < -0.39 is 10.0 Å². The topological polar surface area (TPSA) is 69.7 Å². The Morgan fingerprint density at radius 1 is 1.17 bits per heavy atom. The highest BCUT2D eigenvalue weighted by molar-refractivity contribution is 7.92. The monoisotopic (exact) mass is 429 g/mol. The van der Waals surface area contributed by atoms with Crippen molar-refractivity contribution in [1.29, 1.82) is 0 Å². The number of carbonyl (C=O) groups is 1. The van der Waals surface area contributed by atoms with Crippen LogP contribution < -0.4 is 14.5 Å². The SMILES string of the molecule is C[C@H]1CCCN(c2ccc([C@H](C)NC(=O)CN(c3ccccc3)S(C)(=O)=O)cc2)C1. The van der Waals surface area contributed by atoms with Gasteiger partial charge in [-0.05, 0) is 55.5 Å². The molecule has 1 aliphatic rings. The van der Waals surface area contributed by atoms with Crippen molar-refractivity contribution in [3.63, 3.8) is 0 Å². The predicted molar refractivity (Wildman–Crippen MR) is 122 cm³/mol. The van der Waals surface area contributed by atoms with Crippen LogP contribution in [0.1, 0.15) is 38.3 Å². The van der Waals surface area contributed by atoms with E-state index in [1.807, 2.05) is 19.1 Å². The molecular formula is C23H31N3O3S. The number of anilines is 2. The highest BCUT2D eigenvalue weighted by Crippen LogP contribution is 2.25. The van der Waals surface area contributed by atoms with Crippen molar-refractivity contribution in [3.05, 3.63) is 60.2 Å². The summed E-state index contributed by atoms with van der Waals surface area (Å²) in [6.45, 7) is 6.09. The van der Waals surface area contributed by atoms with Crippen LogP contribution in [-0.2, 0) is 14.8 Å². The number of nitrogens with zero attached hydrogens (tertiary/aromatic N) is 2. The van der Waals surface area contributed by atoms with Crippen molar-refractivity contribution < 1.29 is 13.2 Å². The number of carbonyl (C=O) groups excluding carboxylic acids is 1. The molecule has 2 aromatic rings. The maximum absolute atomic E-state index is 12.6. The van der Waals surface area contributed by atoms with Gasteiger partial charge in [0.15, 0.2) is 0 Å². The molecule has 6 nitrogen and oxygen atoms in total. The van der Waals surface area contributed by atoms with Crippen LogP contribution in [-0.4, -0.2) is 40.2 Å². The van der Waals surface area contributed by atoms with Gasteiger partial charge in [-0.25, -0.2) is 8.42 Å². The summed E-state index contributed by atoms with van der Waals surface area (Å²) in [5.41, 5.74) is 2.67. The maximum Gasteiger partial charge on any atom is 0.241 e. The molecule has 1 saturated heterocycles. The molecule has 0 unspecified atom stereocenters. The number of rotatable bonds is 7. The molecule has 1 heterocycles. The van der Waals surface area contributed by atoms with E-state index in [1.54, 1.807) is 30.3 Å². The van der Waals surface area contributed by atoms with Crippen molar-refractivity contribution in [2.75, 3.05) is 35.1 Å². The fourth-order valence-corrected chi connectivity index (χ4v) is 4.75. The fraction of sp³-hybridized carbons (Fsp3) is 0.435. The van der Waals surface area contributed by atoms with Crippen molar-refractivity contribution in [3.8, 4) is 0 Å². The lowest BCUT2D eigenvalue weighted by Crippen LogP contribution is -2.41. The van der Waals surface area contributed by atoms with Crippen LogP contribution in [0.25, 0.3) is 0 Å². The Morgan fingerprint density at radius 2 is 1.83 bits per heavy atom. The normalized spacial score (nSPS) is 18.0. The molecule has 0 aliphatic carbocycles. The van der Waals surface area contributed by atoms with E-state index in [9.17, 15) is 13.2 Å². The van der Waals surface area contributed by atoms with E-state index in [2.05, 4.69) is 29.3 Å². The van der Waals surface area contributed by atoms with Gasteiger partial charge < -0.3 is 10.2 Å². The van der Waals surface area contributed by atoms with Crippen molar-refractivity contribution in [2.45, 2.75) is 32.7 Å². The lowest BCUT2D eigenvalue weighted by Gasteiger charge is -2.33. The maximum atomic E-state index is 12.6. The number of nitrogens with one attached hydrogen (secondary N) is 1. The van der Waals surface area contributed by atoms with Crippen LogP contribution in [0.3, 0.4) is 0 Å². The molecule has 30 heavy (non-hydrogen) atoms. The van der Waals surface area contributed by atoms with E-state index in [0.29, 0.717) is 11.6 Å². The minimum atomic E-state index is -3.57. The molecule has 2 atom stereocenters. The lowest BCUT2D eigenvalue weighted by atomic mass is 9.99. The Kier molecular flexibility index (Phi) is 7.02. The van der Waals surface area contributed by atoms with Gasteiger partial charge in [0, 0.05) is 18.8 Å². The third-order valence-electron chi connectivity index (χ3n) is 5.52. The average Bonchev–Trinajstić information content (AvgIpc) is 2.72. The second-order valence-electron chi connectivity index (χ2n) is 8.18. The Hall–Kier alpha value is -2.54. The van der Waals surface area contributed by atoms with Gasteiger partial charge in [-0.1, -0.05) is 37.3 Å². The molecule has 1 N–H and O–H groups in total. The zero-order valence-corrected chi connectivity index (χ0v) is 18.7. The van der Waals surface area contributed by atoms with Crippen LogP contribution in [0.4, 0.5) is 11.4 Å². The summed E-state index contributed by atoms with van der Waals surface area (Å²) in [5.74, 6) is 0.366. The molecule has 1 aliphatic heterocycles. The van der Waals surface area contributed by atoms with Gasteiger partial charge in [0.2, 0.25) is 15.9 Å². The van der Waals surface area contributed by atoms with Crippen LogP contribution in [0, 0.1) is 5.92 Å². The predicted octanol–water partition coefficient (Wildman–Crippen LogP) is 3.57. The number of benzene rings is 2. The molecule has 0 saturated carbocycles. The van der Waals surface area contributed by atoms with Crippen LogP contribution >= 0.6 is 0 Å². The zero-order chi connectivity index (χ0) is 21.7. The largest absolute Gasteiger partial charge is 0.371 e. The Morgan fingerprint density at radius 3 is 2.43 bits per heavy atom. The summed E-state index contributed by atoms with van der Waals surface area (Å²) >= 11 is 0. The van der Waals surface area contributed by atoms with E-state index >= 15 is 0 Å². The first-order valence-corrected chi connectivity index (χ1v) is 12.3. The molecule has 0 spiro atoms. The Balaban J connectivity index is 1.63. The molecule has 3 rings (SSSR count). The molecule has 0 radical (unpaired) electrons. The Labute approximate surface area is 179 Å². The molecule has 162 valence electrons. The number of sulfonamides is 1. The smallest absolute Gasteiger partial charge is 0.241 e. The number of hydrogen-bond acceptors (Lipinski definition) is 4. The first kappa shape index (κ1) is 22.2. The van der Waals surface area contributed by atoms with E-state index in [1.165, 1.54) is 18.5 Å². The molecule has 0 aromatic heterocycles. The first-order valence-electron chi connectivity index (χ1n) is 10.4. The first-order chi connectivity index (χ1) is 14.2. The van der Waals surface area contributed by atoms with Gasteiger partial charge >= 0.3 is 0 Å². The summed E-state index contributed by atoms with van der Waals surface area (Å²) < 4.78 is 25.5. The summed E-state index contributed by atoms with van der Waals surface area (Å²) in [7, 11) is -3.57. The lowest BCUT2D eigenvalue weighted by molar-refractivity contribution is -0.120. The average molecular weight is 430 g/mol. The summed E-state index contributed by atoms with van der Waals surface area (Å²) in [4.78, 5) is 15.0. The van der Waals surface area contributed by atoms with Crippen molar-refractivity contribution in [2.24, 2.45) is 5.92 Å². The van der Waals surface area contributed by atoms with Crippen LogP contribution in [0.5, 0.6) is 0 Å². The third kappa shape index (κ3) is 5.75. The number of piperidine rings is 1. The number of para-hydroxylation sites is 1. The van der Waals surface area contributed by atoms with Gasteiger partial charge in [0.1, 0.15) is 6.54 Å². The summed E-state index contributed by atoms with van der Waals surface area (Å²) in [6.07, 6.45) is 3.61.